The lowest BCUT2D eigenvalue weighted by molar-refractivity contribution is -0.189. The largest absolute Gasteiger partial charge is 0.491 e. The average Bonchev–Trinajstić information content (AvgIpc) is 3.84. The molecule has 50 heavy (non-hydrogen) atoms. The van der Waals surface area contributed by atoms with Gasteiger partial charge in [-0.3, -0.25) is 5.32 Å². The first kappa shape index (κ1) is 34.3. The van der Waals surface area contributed by atoms with Crippen molar-refractivity contribution in [3.05, 3.63) is 101 Å². The zero-order valence-corrected chi connectivity index (χ0v) is 29.6. The minimum Gasteiger partial charge on any atom is -0.491 e. The number of nitrogens with zero attached hydrogens (tertiary/aromatic N) is 5. The van der Waals surface area contributed by atoms with Crippen molar-refractivity contribution in [1.29, 1.82) is 0 Å². The highest BCUT2D eigenvalue weighted by Crippen LogP contribution is 2.41. The van der Waals surface area contributed by atoms with E-state index in [1.165, 1.54) is 0 Å². The summed E-state index contributed by atoms with van der Waals surface area (Å²) in [6.45, 7) is 8.62. The van der Waals surface area contributed by atoms with Crippen LogP contribution in [0.5, 0.6) is 5.75 Å². The van der Waals surface area contributed by atoms with Crippen molar-refractivity contribution in [3.8, 4) is 5.75 Å². The topological polar surface area (TPSA) is 98.2 Å². The molecule has 4 aromatic rings. The van der Waals surface area contributed by atoms with E-state index in [1.807, 2.05) is 60.2 Å². The molecule has 3 aliphatic rings. The summed E-state index contributed by atoms with van der Waals surface area (Å²) in [6, 6.07) is 20.6. The Morgan fingerprint density at radius 3 is 2.24 bits per heavy atom. The molecule has 13 heteroatoms. The first-order valence-electron chi connectivity index (χ1n) is 17.0. The molecule has 4 heterocycles. The van der Waals surface area contributed by atoms with Gasteiger partial charge >= 0.3 is 11.9 Å². The number of nitrogens with one attached hydrogen (secondary N) is 1. The van der Waals surface area contributed by atoms with Crippen LogP contribution in [0.25, 0.3) is 0 Å². The van der Waals surface area contributed by atoms with Crippen LogP contribution >= 0.6 is 23.2 Å². The molecule has 1 N–H and O–H groups in total. The number of ether oxygens (including phenoxy) is 3. The maximum atomic E-state index is 13.1. The number of quaternary nitrogens is 1. The molecule has 2 unspecified atom stereocenters. The predicted octanol–water partition coefficient (Wildman–Crippen LogP) is 6.22. The van der Waals surface area contributed by atoms with E-state index in [1.54, 1.807) is 31.6 Å². The highest BCUT2D eigenvalue weighted by Gasteiger charge is 2.55. The SMILES string of the molecule is CCC[N@@+]1(c2ccc(N3CCN(c4ccc(OCC5COC(Cn6ccnc6)(c6ccc(Cl)cc6Cl)O5)cc4)CC3)cc2)C(=O)N[C@@H](C)C1=O. The van der Waals surface area contributed by atoms with Gasteiger partial charge in [-0.05, 0) is 61.9 Å². The first-order chi connectivity index (χ1) is 24.2. The number of carbonyl (C=O) groups is 2. The Balaban J connectivity index is 0.936. The van der Waals surface area contributed by atoms with Crippen molar-refractivity contribution in [1.82, 2.24) is 19.4 Å². The molecule has 0 saturated carbocycles. The minimum absolute atomic E-state index is 0.0985. The molecule has 0 radical (unpaired) electrons. The van der Waals surface area contributed by atoms with Gasteiger partial charge in [0, 0.05) is 72.7 Å². The summed E-state index contributed by atoms with van der Waals surface area (Å²) in [6.07, 6.45) is 5.68. The van der Waals surface area contributed by atoms with Gasteiger partial charge in [-0.25, -0.2) is 14.6 Å². The van der Waals surface area contributed by atoms with Crippen LogP contribution < -0.4 is 24.3 Å². The molecule has 0 spiro atoms. The number of imide groups is 1. The molecule has 262 valence electrons. The van der Waals surface area contributed by atoms with Crippen molar-refractivity contribution >= 4 is 52.2 Å². The summed E-state index contributed by atoms with van der Waals surface area (Å²) in [5.74, 6) is -0.458. The van der Waals surface area contributed by atoms with Crippen LogP contribution in [0.4, 0.5) is 21.9 Å². The van der Waals surface area contributed by atoms with Crippen molar-refractivity contribution in [3.63, 3.8) is 0 Å². The lowest BCUT2D eigenvalue weighted by atomic mass is 10.1. The zero-order chi connectivity index (χ0) is 34.9. The molecular formula is C37H41Cl2N6O5+. The smallest absolute Gasteiger partial charge is 0.430 e. The van der Waals surface area contributed by atoms with Crippen LogP contribution in [-0.2, 0) is 26.6 Å². The third kappa shape index (κ3) is 6.56. The van der Waals surface area contributed by atoms with Crippen molar-refractivity contribution in [2.75, 3.05) is 55.7 Å². The number of amides is 3. The number of piperazine rings is 1. The normalized spacial score (nSPS) is 25.3. The Kier molecular flexibility index (Phi) is 9.78. The van der Waals surface area contributed by atoms with Crippen LogP contribution in [0.3, 0.4) is 0 Å². The molecule has 7 rings (SSSR count). The highest BCUT2D eigenvalue weighted by atomic mass is 35.5. The number of anilines is 2. The van der Waals surface area contributed by atoms with Crippen LogP contribution in [0.2, 0.25) is 10.0 Å². The molecular weight excluding hydrogens is 679 g/mol. The molecule has 3 saturated heterocycles. The quantitative estimate of drug-likeness (QED) is 0.144. The van der Waals surface area contributed by atoms with E-state index in [0.29, 0.717) is 41.9 Å². The zero-order valence-electron chi connectivity index (χ0n) is 28.1. The fraction of sp³-hybridized carbons (Fsp3) is 0.378. The van der Waals surface area contributed by atoms with Gasteiger partial charge in [0.1, 0.15) is 30.2 Å². The number of aromatic nitrogens is 2. The van der Waals surface area contributed by atoms with E-state index in [0.717, 1.165) is 55.4 Å². The number of rotatable bonds is 11. The van der Waals surface area contributed by atoms with Gasteiger partial charge in [0.2, 0.25) is 5.79 Å². The summed E-state index contributed by atoms with van der Waals surface area (Å²) in [4.78, 5) is 34.9. The molecule has 11 nitrogen and oxygen atoms in total. The second-order valence-electron chi connectivity index (χ2n) is 13.0. The summed E-state index contributed by atoms with van der Waals surface area (Å²) in [5, 5.41) is 3.83. The van der Waals surface area contributed by atoms with Gasteiger partial charge in [0.15, 0.2) is 0 Å². The van der Waals surface area contributed by atoms with Gasteiger partial charge in [-0.1, -0.05) is 36.2 Å². The van der Waals surface area contributed by atoms with Gasteiger partial charge in [0.25, 0.3) is 0 Å². The van der Waals surface area contributed by atoms with E-state index < -0.39 is 11.8 Å². The van der Waals surface area contributed by atoms with E-state index >= 15 is 0 Å². The van der Waals surface area contributed by atoms with Crippen molar-refractivity contribution in [2.45, 2.75) is 44.7 Å². The number of hydrogen-bond acceptors (Lipinski definition) is 8. The Morgan fingerprint density at radius 1 is 0.980 bits per heavy atom. The van der Waals surface area contributed by atoms with E-state index in [9.17, 15) is 9.59 Å². The van der Waals surface area contributed by atoms with Crippen LogP contribution in [0, 0.1) is 0 Å². The maximum Gasteiger partial charge on any atom is 0.430 e. The molecule has 0 bridgehead atoms. The summed E-state index contributed by atoms with van der Waals surface area (Å²) >= 11 is 12.8. The van der Waals surface area contributed by atoms with Crippen molar-refractivity contribution < 1.29 is 23.8 Å². The number of hydrogen-bond donors (Lipinski definition) is 1. The molecule has 3 aromatic carbocycles. The molecule has 4 atom stereocenters. The van der Waals surface area contributed by atoms with Crippen molar-refractivity contribution in [2.24, 2.45) is 0 Å². The maximum absolute atomic E-state index is 13.1. The second kappa shape index (κ2) is 14.2. The summed E-state index contributed by atoms with van der Waals surface area (Å²) in [5.41, 5.74) is 3.63. The number of carbonyl (C=O) groups excluding carboxylic acids is 2. The van der Waals surface area contributed by atoms with Gasteiger partial charge in [-0.2, -0.15) is 0 Å². The standard InChI is InChI=1S/C37H40Cl2N6O5/c1-3-20-45(35(46)26(2)41-36(45)47)30-9-5-28(6-10-30)43-16-18-44(19-17-43)29-7-11-31(12-8-29)48-22-32-23-49-37(50-32,24-42-15-14-40-25-42)33-13-4-27(38)21-34(33)39/h4-15,21,25-26,32H,3,16-20,22-24H2,1-2H3/p+1/t26-,32?,37?,45-/m0/s1. The summed E-state index contributed by atoms with van der Waals surface area (Å²) in [7, 11) is 0. The molecule has 3 aliphatic heterocycles. The van der Waals surface area contributed by atoms with E-state index in [2.05, 4.69) is 32.2 Å². The number of urea groups is 1. The predicted molar refractivity (Wildman–Crippen MR) is 194 cm³/mol. The number of imidazole rings is 1. The lowest BCUT2D eigenvalue weighted by Gasteiger charge is -2.37. The molecule has 3 fully saturated rings. The fourth-order valence-corrected chi connectivity index (χ4v) is 7.72. The Bertz CT molecular complexity index is 1820. The Labute approximate surface area is 301 Å². The molecule has 0 aliphatic carbocycles. The molecule has 3 amide bonds. The third-order valence-electron chi connectivity index (χ3n) is 9.72. The Morgan fingerprint density at radius 2 is 1.66 bits per heavy atom. The van der Waals surface area contributed by atoms with Gasteiger partial charge in [-0.15, -0.1) is 4.48 Å². The van der Waals surface area contributed by atoms with Crippen LogP contribution in [0.1, 0.15) is 25.8 Å². The monoisotopic (exact) mass is 719 g/mol. The van der Waals surface area contributed by atoms with Gasteiger partial charge < -0.3 is 28.6 Å². The van der Waals surface area contributed by atoms with E-state index in [-0.39, 0.29) is 22.5 Å². The second-order valence-corrected chi connectivity index (χ2v) is 13.8. The van der Waals surface area contributed by atoms with Gasteiger partial charge in [0.05, 0.1) is 31.0 Å². The molecule has 1 aromatic heterocycles. The average molecular weight is 721 g/mol. The number of halogens is 2. The first-order valence-corrected chi connectivity index (χ1v) is 17.8. The third-order valence-corrected chi connectivity index (χ3v) is 10.3. The lowest BCUT2D eigenvalue weighted by Crippen LogP contribution is -2.55. The van der Waals surface area contributed by atoms with Crippen LogP contribution in [-0.4, -0.2) is 79.6 Å². The fourth-order valence-electron chi connectivity index (χ4n) is 7.17. The van der Waals surface area contributed by atoms with E-state index in [4.69, 9.17) is 37.4 Å². The highest BCUT2D eigenvalue weighted by molar-refractivity contribution is 6.35. The number of benzene rings is 3. The van der Waals surface area contributed by atoms with Crippen LogP contribution in [0.15, 0.2) is 85.5 Å². The summed E-state index contributed by atoms with van der Waals surface area (Å²) < 4.78 is 20.6. The minimum atomic E-state index is -1.11. The Hall–Kier alpha value is -4.13.